The van der Waals surface area contributed by atoms with Gasteiger partial charge >= 0.3 is 0 Å². The maximum Gasteiger partial charge on any atom is 0.241 e. The summed E-state index contributed by atoms with van der Waals surface area (Å²) in [6.45, 7) is 0. The lowest BCUT2D eigenvalue weighted by molar-refractivity contribution is -0.120. The molecule has 0 bridgehead atoms. The number of carbonyl (C=O) groups excluding carboxylic acids is 1. The fraction of sp³-hybridized carbons (Fsp3) is 0.333. The minimum absolute atomic E-state index is 0.197. The van der Waals surface area contributed by atoms with Crippen LogP contribution in [0.5, 0.6) is 0 Å². The molecule has 1 aliphatic rings. The van der Waals surface area contributed by atoms with Crippen LogP contribution in [0.4, 0.5) is 0 Å². The zero-order valence-electron chi connectivity index (χ0n) is 5.73. The summed E-state index contributed by atoms with van der Waals surface area (Å²) in [6.07, 6.45) is 3.46. The van der Waals surface area contributed by atoms with Crippen molar-refractivity contribution < 1.29 is 4.79 Å². The van der Waals surface area contributed by atoms with Crippen molar-refractivity contribution in [2.75, 3.05) is 5.75 Å². The molecule has 58 valence electrons. The van der Waals surface area contributed by atoms with E-state index >= 15 is 0 Å². The molecule has 0 fully saturated rings. The lowest BCUT2D eigenvalue weighted by Crippen LogP contribution is -2.25. The fourth-order valence-corrected chi connectivity index (χ4v) is 2.21. The Kier molecular flexibility index (Phi) is 1.38. The van der Waals surface area contributed by atoms with Gasteiger partial charge in [0.25, 0.3) is 0 Å². The number of primary amides is 1. The standard InChI is InChI=1S/C6H7N3OS/c7-5(10)4-3-11-6-8-1-2-9(4)6/h1-2,4H,3H2,(H2,7,10). The molecule has 2 rings (SSSR count). The lowest BCUT2D eigenvalue weighted by Gasteiger charge is -2.04. The van der Waals surface area contributed by atoms with Crippen molar-refractivity contribution in [2.45, 2.75) is 11.2 Å². The van der Waals surface area contributed by atoms with E-state index in [1.807, 2.05) is 4.57 Å². The average Bonchev–Trinajstić information content (AvgIpc) is 2.41. The monoisotopic (exact) mass is 169 g/mol. The van der Waals surface area contributed by atoms with Crippen LogP contribution in [0, 0.1) is 0 Å². The van der Waals surface area contributed by atoms with Gasteiger partial charge in [-0.25, -0.2) is 4.98 Å². The summed E-state index contributed by atoms with van der Waals surface area (Å²) in [7, 11) is 0. The first-order chi connectivity index (χ1) is 5.29. The summed E-state index contributed by atoms with van der Waals surface area (Å²) in [6, 6.07) is -0.197. The summed E-state index contributed by atoms with van der Waals surface area (Å²) < 4.78 is 1.81. The van der Waals surface area contributed by atoms with E-state index in [0.29, 0.717) is 0 Å². The Morgan fingerprint density at radius 2 is 2.73 bits per heavy atom. The third kappa shape index (κ3) is 0.920. The summed E-state index contributed by atoms with van der Waals surface area (Å²) >= 11 is 1.56. The Morgan fingerprint density at radius 3 is 3.45 bits per heavy atom. The zero-order valence-corrected chi connectivity index (χ0v) is 6.54. The Hall–Kier alpha value is -0.970. The minimum Gasteiger partial charge on any atom is -0.368 e. The predicted molar refractivity (Wildman–Crippen MR) is 41.2 cm³/mol. The Balaban J connectivity index is 2.38. The van der Waals surface area contributed by atoms with Gasteiger partial charge in [0.05, 0.1) is 0 Å². The second-order valence-electron chi connectivity index (χ2n) is 2.35. The molecule has 0 radical (unpaired) electrons. The highest BCUT2D eigenvalue weighted by Gasteiger charge is 2.26. The number of rotatable bonds is 1. The van der Waals surface area contributed by atoms with Crippen molar-refractivity contribution in [1.29, 1.82) is 0 Å². The van der Waals surface area contributed by atoms with Gasteiger partial charge in [0.1, 0.15) is 6.04 Å². The van der Waals surface area contributed by atoms with Gasteiger partial charge in [-0.1, -0.05) is 11.8 Å². The first-order valence-corrected chi connectivity index (χ1v) is 4.22. The number of aromatic nitrogens is 2. The van der Waals surface area contributed by atoms with Crippen molar-refractivity contribution in [1.82, 2.24) is 9.55 Å². The fourth-order valence-electron chi connectivity index (χ4n) is 1.10. The van der Waals surface area contributed by atoms with Crippen LogP contribution in [0.2, 0.25) is 0 Å². The lowest BCUT2D eigenvalue weighted by atomic mass is 10.3. The van der Waals surface area contributed by atoms with Crippen molar-refractivity contribution in [2.24, 2.45) is 5.73 Å². The summed E-state index contributed by atoms with van der Waals surface area (Å²) in [5, 5.41) is 0.883. The van der Waals surface area contributed by atoms with Gasteiger partial charge in [-0.05, 0) is 0 Å². The number of nitrogens with two attached hydrogens (primary N) is 1. The molecule has 1 aliphatic heterocycles. The molecule has 2 N–H and O–H groups in total. The molecule has 0 aliphatic carbocycles. The van der Waals surface area contributed by atoms with Gasteiger partial charge in [0.15, 0.2) is 5.16 Å². The van der Waals surface area contributed by atoms with Gasteiger partial charge in [0, 0.05) is 18.1 Å². The summed E-state index contributed by atoms with van der Waals surface area (Å²) in [5.41, 5.74) is 5.17. The number of thioether (sulfide) groups is 1. The van der Waals surface area contributed by atoms with Crippen LogP contribution in [0.25, 0.3) is 0 Å². The molecule has 5 heteroatoms. The largest absolute Gasteiger partial charge is 0.368 e. The Bertz CT molecular complexity index is 296. The highest BCUT2D eigenvalue weighted by molar-refractivity contribution is 7.99. The molecule has 1 unspecified atom stereocenters. The number of fused-ring (bicyclic) bond motifs is 1. The molecule has 11 heavy (non-hydrogen) atoms. The van der Waals surface area contributed by atoms with Gasteiger partial charge in [0.2, 0.25) is 5.91 Å². The predicted octanol–water partition coefficient (Wildman–Crippen LogP) is 0.0152. The van der Waals surface area contributed by atoms with E-state index in [1.165, 1.54) is 0 Å². The number of hydrogen-bond donors (Lipinski definition) is 1. The van der Waals surface area contributed by atoms with Crippen LogP contribution in [0.15, 0.2) is 17.6 Å². The highest BCUT2D eigenvalue weighted by Crippen LogP contribution is 2.30. The third-order valence-corrected chi connectivity index (χ3v) is 2.72. The van der Waals surface area contributed by atoms with Gasteiger partial charge in [-0.15, -0.1) is 0 Å². The van der Waals surface area contributed by atoms with E-state index in [-0.39, 0.29) is 11.9 Å². The van der Waals surface area contributed by atoms with Crippen molar-refractivity contribution in [3.8, 4) is 0 Å². The second kappa shape index (κ2) is 2.27. The third-order valence-electron chi connectivity index (χ3n) is 1.67. The van der Waals surface area contributed by atoms with Crippen LogP contribution in [0.3, 0.4) is 0 Å². The first-order valence-electron chi connectivity index (χ1n) is 3.24. The molecule has 1 aromatic rings. The molecule has 0 aromatic carbocycles. The van der Waals surface area contributed by atoms with Crippen LogP contribution in [0.1, 0.15) is 6.04 Å². The van der Waals surface area contributed by atoms with Gasteiger partial charge in [-0.2, -0.15) is 0 Å². The molecule has 1 atom stereocenters. The van der Waals surface area contributed by atoms with E-state index in [2.05, 4.69) is 4.98 Å². The normalized spacial score (nSPS) is 21.6. The van der Waals surface area contributed by atoms with Crippen molar-refractivity contribution in [3.63, 3.8) is 0 Å². The van der Waals surface area contributed by atoms with E-state index < -0.39 is 0 Å². The molecule has 2 heterocycles. The number of nitrogens with zero attached hydrogens (tertiary/aromatic N) is 2. The van der Waals surface area contributed by atoms with Crippen LogP contribution >= 0.6 is 11.8 Å². The smallest absolute Gasteiger partial charge is 0.241 e. The molecule has 4 nitrogen and oxygen atoms in total. The van der Waals surface area contributed by atoms with Crippen molar-refractivity contribution >= 4 is 17.7 Å². The van der Waals surface area contributed by atoms with Crippen molar-refractivity contribution in [3.05, 3.63) is 12.4 Å². The second-order valence-corrected chi connectivity index (χ2v) is 3.33. The average molecular weight is 169 g/mol. The number of imidazole rings is 1. The molecular weight excluding hydrogens is 162 g/mol. The minimum atomic E-state index is -0.283. The van der Waals surface area contributed by atoms with E-state index in [1.54, 1.807) is 24.2 Å². The molecule has 0 saturated heterocycles. The molecule has 1 amide bonds. The highest BCUT2D eigenvalue weighted by atomic mass is 32.2. The van der Waals surface area contributed by atoms with Gasteiger partial charge < -0.3 is 10.3 Å². The van der Waals surface area contributed by atoms with Crippen LogP contribution in [-0.2, 0) is 4.79 Å². The maximum atomic E-state index is 10.8. The van der Waals surface area contributed by atoms with E-state index in [4.69, 9.17) is 5.73 Å². The molecular formula is C6H7N3OS. The maximum absolute atomic E-state index is 10.8. The van der Waals surface area contributed by atoms with E-state index in [9.17, 15) is 4.79 Å². The zero-order chi connectivity index (χ0) is 7.84. The first kappa shape index (κ1) is 6.72. The van der Waals surface area contributed by atoms with Crippen LogP contribution < -0.4 is 5.73 Å². The summed E-state index contributed by atoms with van der Waals surface area (Å²) in [4.78, 5) is 14.9. The Labute approximate surface area is 67.8 Å². The quantitative estimate of drug-likeness (QED) is 0.644. The number of carbonyl (C=O) groups is 1. The topological polar surface area (TPSA) is 60.9 Å². The van der Waals surface area contributed by atoms with E-state index in [0.717, 1.165) is 10.9 Å². The Morgan fingerprint density at radius 1 is 1.91 bits per heavy atom. The number of hydrogen-bond acceptors (Lipinski definition) is 3. The molecule has 0 spiro atoms. The summed E-state index contributed by atoms with van der Waals surface area (Å²) in [5.74, 6) is 0.438. The SMILES string of the molecule is NC(=O)C1CSc2nccn21. The molecule has 0 saturated carbocycles. The number of amides is 1. The van der Waals surface area contributed by atoms with Crippen LogP contribution in [-0.4, -0.2) is 21.2 Å². The molecule has 1 aromatic heterocycles. The van der Waals surface area contributed by atoms with Gasteiger partial charge in [-0.3, -0.25) is 4.79 Å².